The summed E-state index contributed by atoms with van der Waals surface area (Å²) in [6.07, 6.45) is -1.05. The number of alkyl halides is 4. The van der Waals surface area contributed by atoms with Gasteiger partial charge in [-0.25, -0.2) is 0 Å². The van der Waals surface area contributed by atoms with Crippen LogP contribution in [0.5, 0.6) is 0 Å². The third-order valence-electron chi connectivity index (χ3n) is 3.08. The van der Waals surface area contributed by atoms with Gasteiger partial charge in [0.1, 0.15) is 0 Å². The monoisotopic (exact) mass is 292 g/mol. The van der Waals surface area contributed by atoms with E-state index in [1.54, 1.807) is 12.1 Å². The third-order valence-corrected chi connectivity index (χ3v) is 3.91. The fraction of sp³-hybridized carbons (Fsp3) is 0.500. The molecule has 0 aliphatic heterocycles. The molecule has 0 amide bonds. The zero-order valence-corrected chi connectivity index (χ0v) is 10.2. The molecule has 0 heterocycles. The summed E-state index contributed by atoms with van der Waals surface area (Å²) in [6, 6.07) is 5.57. The first-order chi connectivity index (χ1) is 7.47. The molecule has 0 N–H and O–H groups in total. The SMILES string of the molecule is FC(F)(F)c1ccc(C2CCC(Br)C2)cc1. The van der Waals surface area contributed by atoms with Crippen molar-refractivity contribution in [3.05, 3.63) is 35.4 Å². The number of benzene rings is 1. The molecule has 1 aromatic rings. The van der Waals surface area contributed by atoms with E-state index in [0.29, 0.717) is 10.7 Å². The quantitative estimate of drug-likeness (QED) is 0.656. The van der Waals surface area contributed by atoms with E-state index in [4.69, 9.17) is 0 Å². The summed E-state index contributed by atoms with van der Waals surface area (Å²) in [4.78, 5) is 0.514. The maximum absolute atomic E-state index is 12.4. The van der Waals surface area contributed by atoms with Crippen LogP contribution in [-0.4, -0.2) is 4.83 Å². The summed E-state index contributed by atoms with van der Waals surface area (Å²) in [7, 11) is 0. The molecule has 2 unspecified atom stereocenters. The van der Waals surface area contributed by atoms with Gasteiger partial charge < -0.3 is 0 Å². The van der Waals surface area contributed by atoms with Crippen LogP contribution in [0.4, 0.5) is 13.2 Å². The lowest BCUT2D eigenvalue weighted by atomic mass is 9.97. The van der Waals surface area contributed by atoms with Crippen molar-refractivity contribution in [2.45, 2.75) is 36.2 Å². The van der Waals surface area contributed by atoms with E-state index in [0.717, 1.165) is 24.8 Å². The molecule has 4 heteroatoms. The van der Waals surface area contributed by atoms with Crippen LogP contribution in [0.1, 0.15) is 36.3 Å². The zero-order valence-electron chi connectivity index (χ0n) is 8.60. The fourth-order valence-electron chi connectivity index (χ4n) is 2.17. The van der Waals surface area contributed by atoms with Crippen LogP contribution >= 0.6 is 15.9 Å². The lowest BCUT2D eigenvalue weighted by Crippen LogP contribution is -2.05. The average Bonchev–Trinajstić information content (AvgIpc) is 2.64. The van der Waals surface area contributed by atoms with Crippen molar-refractivity contribution in [3.63, 3.8) is 0 Å². The highest BCUT2D eigenvalue weighted by molar-refractivity contribution is 9.09. The van der Waals surface area contributed by atoms with Crippen molar-refractivity contribution < 1.29 is 13.2 Å². The van der Waals surface area contributed by atoms with Crippen molar-refractivity contribution >= 4 is 15.9 Å². The predicted molar refractivity (Wildman–Crippen MR) is 60.8 cm³/mol. The highest BCUT2D eigenvalue weighted by Crippen LogP contribution is 2.38. The first-order valence-corrected chi connectivity index (χ1v) is 6.19. The number of hydrogen-bond donors (Lipinski definition) is 0. The van der Waals surface area contributed by atoms with Gasteiger partial charge in [0.05, 0.1) is 5.56 Å². The molecule has 0 spiro atoms. The molecular formula is C12H12BrF3. The van der Waals surface area contributed by atoms with Crippen LogP contribution in [0.3, 0.4) is 0 Å². The summed E-state index contributed by atoms with van der Waals surface area (Å²) in [5.41, 5.74) is 0.458. The molecule has 0 nitrogen and oxygen atoms in total. The first kappa shape index (κ1) is 12.0. The summed E-state index contributed by atoms with van der Waals surface area (Å²) >= 11 is 3.54. The van der Waals surface area contributed by atoms with Gasteiger partial charge in [0.25, 0.3) is 0 Å². The van der Waals surface area contributed by atoms with Gasteiger partial charge in [0, 0.05) is 4.83 Å². The summed E-state index contributed by atoms with van der Waals surface area (Å²) < 4.78 is 37.1. The van der Waals surface area contributed by atoms with Gasteiger partial charge in [-0.1, -0.05) is 28.1 Å². The molecule has 16 heavy (non-hydrogen) atoms. The molecule has 2 rings (SSSR count). The van der Waals surface area contributed by atoms with Crippen LogP contribution in [0.25, 0.3) is 0 Å². The van der Waals surface area contributed by atoms with Gasteiger partial charge in [-0.3, -0.25) is 0 Å². The molecule has 2 atom stereocenters. The topological polar surface area (TPSA) is 0 Å². The molecule has 1 aliphatic carbocycles. The van der Waals surface area contributed by atoms with Gasteiger partial charge in [-0.2, -0.15) is 13.2 Å². The standard InChI is InChI=1S/C12H12BrF3/c13-11-6-3-9(7-11)8-1-4-10(5-2-8)12(14,15)16/h1-2,4-5,9,11H,3,6-7H2. The van der Waals surface area contributed by atoms with Crippen molar-refractivity contribution in [1.29, 1.82) is 0 Å². The van der Waals surface area contributed by atoms with E-state index >= 15 is 0 Å². The molecule has 0 radical (unpaired) electrons. The van der Waals surface area contributed by atoms with E-state index in [1.165, 1.54) is 12.1 Å². The van der Waals surface area contributed by atoms with Gasteiger partial charge in [-0.05, 0) is 42.9 Å². The van der Waals surface area contributed by atoms with Gasteiger partial charge >= 0.3 is 6.18 Å². The fourth-order valence-corrected chi connectivity index (χ4v) is 2.89. The van der Waals surface area contributed by atoms with Crippen LogP contribution in [-0.2, 0) is 6.18 Å². The molecule has 0 saturated heterocycles. The van der Waals surface area contributed by atoms with Gasteiger partial charge in [0.2, 0.25) is 0 Å². The Morgan fingerprint density at radius 1 is 1.06 bits per heavy atom. The molecule has 88 valence electrons. The minimum atomic E-state index is -4.23. The Kier molecular flexibility index (Phi) is 3.29. The second kappa shape index (κ2) is 4.40. The Bertz CT molecular complexity index is 356. The van der Waals surface area contributed by atoms with Gasteiger partial charge in [0.15, 0.2) is 0 Å². The molecule has 1 aromatic carbocycles. The second-order valence-electron chi connectivity index (χ2n) is 4.23. The highest BCUT2D eigenvalue weighted by Gasteiger charge is 2.31. The lowest BCUT2D eigenvalue weighted by molar-refractivity contribution is -0.137. The molecule has 1 fully saturated rings. The van der Waals surface area contributed by atoms with Crippen molar-refractivity contribution in [2.24, 2.45) is 0 Å². The Morgan fingerprint density at radius 2 is 1.69 bits per heavy atom. The third kappa shape index (κ3) is 2.59. The van der Waals surface area contributed by atoms with Crippen molar-refractivity contribution in [1.82, 2.24) is 0 Å². The smallest absolute Gasteiger partial charge is 0.166 e. The van der Waals surface area contributed by atoms with Crippen LogP contribution in [0.15, 0.2) is 24.3 Å². The molecular weight excluding hydrogens is 281 g/mol. The summed E-state index contributed by atoms with van der Waals surface area (Å²) in [5, 5.41) is 0. The lowest BCUT2D eigenvalue weighted by Gasteiger charge is -2.11. The zero-order chi connectivity index (χ0) is 11.8. The van der Waals surface area contributed by atoms with Crippen molar-refractivity contribution in [3.8, 4) is 0 Å². The maximum atomic E-state index is 12.4. The minimum Gasteiger partial charge on any atom is -0.166 e. The molecule has 0 aromatic heterocycles. The number of halogens is 4. The Morgan fingerprint density at radius 3 is 2.12 bits per heavy atom. The van der Waals surface area contributed by atoms with E-state index in [1.807, 2.05) is 0 Å². The first-order valence-electron chi connectivity index (χ1n) is 5.28. The molecule has 1 saturated carbocycles. The normalized spacial score (nSPS) is 26.0. The van der Waals surface area contributed by atoms with Crippen LogP contribution in [0.2, 0.25) is 0 Å². The van der Waals surface area contributed by atoms with E-state index in [9.17, 15) is 13.2 Å². The largest absolute Gasteiger partial charge is 0.416 e. The summed E-state index contributed by atoms with van der Waals surface area (Å²) in [6.45, 7) is 0. The second-order valence-corrected chi connectivity index (χ2v) is 5.52. The summed E-state index contributed by atoms with van der Waals surface area (Å²) in [5.74, 6) is 0.409. The number of hydrogen-bond acceptors (Lipinski definition) is 0. The molecule has 1 aliphatic rings. The molecule has 0 bridgehead atoms. The van der Waals surface area contributed by atoms with E-state index < -0.39 is 11.7 Å². The Balaban J connectivity index is 2.14. The number of rotatable bonds is 1. The predicted octanol–water partition coefficient (Wildman–Crippen LogP) is 4.74. The van der Waals surface area contributed by atoms with E-state index in [-0.39, 0.29) is 0 Å². The van der Waals surface area contributed by atoms with E-state index in [2.05, 4.69) is 15.9 Å². The Hall–Kier alpha value is -0.510. The van der Waals surface area contributed by atoms with Crippen LogP contribution in [0, 0.1) is 0 Å². The highest BCUT2D eigenvalue weighted by atomic mass is 79.9. The average molecular weight is 293 g/mol. The van der Waals surface area contributed by atoms with Crippen LogP contribution < -0.4 is 0 Å². The van der Waals surface area contributed by atoms with Gasteiger partial charge in [-0.15, -0.1) is 0 Å². The van der Waals surface area contributed by atoms with Crippen molar-refractivity contribution in [2.75, 3.05) is 0 Å². The maximum Gasteiger partial charge on any atom is 0.416 e. The Labute approximate surface area is 101 Å². The minimum absolute atomic E-state index is 0.409.